The van der Waals surface area contributed by atoms with Crippen LogP contribution in [-0.4, -0.2) is 25.2 Å². The van der Waals surface area contributed by atoms with Crippen molar-refractivity contribution in [1.82, 2.24) is 5.32 Å². The molecule has 4 heteroatoms. The van der Waals surface area contributed by atoms with Gasteiger partial charge < -0.3 is 10.2 Å². The lowest BCUT2D eigenvalue weighted by molar-refractivity contribution is 0.252. The van der Waals surface area contributed by atoms with E-state index in [0.29, 0.717) is 18.1 Å². The molecule has 2 atom stereocenters. The van der Waals surface area contributed by atoms with Gasteiger partial charge in [-0.1, -0.05) is 0 Å². The average molecular weight is 374 g/mol. The van der Waals surface area contributed by atoms with Crippen LogP contribution < -0.4 is 10.2 Å². The summed E-state index contributed by atoms with van der Waals surface area (Å²) in [5.41, 5.74) is 1.23. The van der Waals surface area contributed by atoms with E-state index in [1.807, 2.05) is 6.07 Å². The van der Waals surface area contributed by atoms with Crippen molar-refractivity contribution in [2.75, 3.05) is 11.9 Å². The molecule has 2 fully saturated rings. The number of hydrogen-bond acceptors (Lipinski definition) is 2. The number of piperidine rings is 2. The van der Waals surface area contributed by atoms with Crippen molar-refractivity contribution >= 4 is 28.3 Å². The fraction of sp³-hybridized carbons (Fsp3) is 0.600. The van der Waals surface area contributed by atoms with E-state index in [2.05, 4.69) is 39.9 Å². The minimum atomic E-state index is -0.136. The summed E-state index contributed by atoms with van der Waals surface area (Å²) < 4.78 is 14.3. The SMILES string of the molecule is CNC1CC2CCCC(C1)N2c1ccc(F)cc1I. The number of anilines is 1. The highest BCUT2D eigenvalue weighted by Crippen LogP contribution is 2.39. The summed E-state index contributed by atoms with van der Waals surface area (Å²) in [6.45, 7) is 0. The van der Waals surface area contributed by atoms with Gasteiger partial charge >= 0.3 is 0 Å². The second-order valence-electron chi connectivity index (χ2n) is 5.70. The first-order chi connectivity index (χ1) is 9.19. The van der Waals surface area contributed by atoms with Gasteiger partial charge in [0.1, 0.15) is 5.82 Å². The summed E-state index contributed by atoms with van der Waals surface area (Å²) in [6, 6.07) is 7.08. The van der Waals surface area contributed by atoms with Gasteiger partial charge in [0.2, 0.25) is 0 Å². The van der Waals surface area contributed by atoms with E-state index in [4.69, 9.17) is 0 Å². The number of nitrogens with zero attached hydrogens (tertiary/aromatic N) is 1. The molecule has 3 rings (SSSR count). The molecule has 0 amide bonds. The average Bonchev–Trinajstić information content (AvgIpc) is 2.37. The zero-order chi connectivity index (χ0) is 13.4. The number of rotatable bonds is 2. The highest BCUT2D eigenvalue weighted by atomic mass is 127. The minimum Gasteiger partial charge on any atom is -0.365 e. The summed E-state index contributed by atoms with van der Waals surface area (Å²) >= 11 is 2.27. The largest absolute Gasteiger partial charge is 0.365 e. The molecule has 1 aromatic carbocycles. The third-order valence-electron chi connectivity index (χ3n) is 4.57. The number of hydrogen-bond donors (Lipinski definition) is 1. The normalized spacial score (nSPS) is 30.5. The summed E-state index contributed by atoms with van der Waals surface area (Å²) in [7, 11) is 2.07. The maximum absolute atomic E-state index is 13.3. The van der Waals surface area contributed by atoms with Crippen molar-refractivity contribution < 1.29 is 4.39 Å². The molecule has 2 nitrogen and oxygen atoms in total. The number of nitrogens with one attached hydrogen (secondary N) is 1. The van der Waals surface area contributed by atoms with Crippen LogP contribution in [0, 0.1) is 9.39 Å². The van der Waals surface area contributed by atoms with Crippen LogP contribution in [0.15, 0.2) is 18.2 Å². The predicted octanol–water partition coefficient (Wildman–Crippen LogP) is 3.54. The lowest BCUT2D eigenvalue weighted by Crippen LogP contribution is -2.56. The van der Waals surface area contributed by atoms with Gasteiger partial charge in [-0.25, -0.2) is 4.39 Å². The van der Waals surface area contributed by atoms with E-state index < -0.39 is 0 Å². The van der Waals surface area contributed by atoms with Crippen molar-refractivity contribution in [3.8, 4) is 0 Å². The lowest BCUT2D eigenvalue weighted by atomic mass is 9.81. The van der Waals surface area contributed by atoms with Crippen LogP contribution in [0.25, 0.3) is 0 Å². The quantitative estimate of drug-likeness (QED) is 0.797. The van der Waals surface area contributed by atoms with E-state index in [9.17, 15) is 4.39 Å². The Kier molecular flexibility index (Phi) is 3.98. The van der Waals surface area contributed by atoms with Crippen LogP contribution in [0.3, 0.4) is 0 Å². The molecule has 0 aliphatic carbocycles. The molecule has 2 heterocycles. The van der Waals surface area contributed by atoms with Gasteiger partial charge in [0.15, 0.2) is 0 Å². The van der Waals surface area contributed by atoms with Gasteiger partial charge in [0, 0.05) is 21.7 Å². The third kappa shape index (κ3) is 2.61. The molecular formula is C15H20FIN2. The third-order valence-corrected chi connectivity index (χ3v) is 5.43. The summed E-state index contributed by atoms with van der Waals surface area (Å²) in [5, 5.41) is 3.44. The van der Waals surface area contributed by atoms with Crippen molar-refractivity contribution in [3.05, 3.63) is 27.6 Å². The van der Waals surface area contributed by atoms with Gasteiger partial charge in [0.25, 0.3) is 0 Å². The van der Waals surface area contributed by atoms with Crippen molar-refractivity contribution in [1.29, 1.82) is 0 Å². The molecule has 2 aliphatic rings. The summed E-state index contributed by atoms with van der Waals surface area (Å²) in [6.07, 6.45) is 6.28. The van der Waals surface area contributed by atoms with Crippen LogP contribution in [0.1, 0.15) is 32.1 Å². The molecule has 0 aromatic heterocycles. The van der Waals surface area contributed by atoms with Crippen molar-refractivity contribution in [3.63, 3.8) is 0 Å². The molecule has 1 N–H and O–H groups in total. The maximum atomic E-state index is 13.3. The van der Waals surface area contributed by atoms with Crippen LogP contribution in [0.4, 0.5) is 10.1 Å². The van der Waals surface area contributed by atoms with Crippen LogP contribution in [0.2, 0.25) is 0 Å². The second-order valence-corrected chi connectivity index (χ2v) is 6.86. The molecule has 2 saturated heterocycles. The summed E-state index contributed by atoms with van der Waals surface area (Å²) in [4.78, 5) is 2.57. The molecule has 2 aliphatic heterocycles. The van der Waals surface area contributed by atoms with E-state index in [-0.39, 0.29) is 5.82 Å². The zero-order valence-electron chi connectivity index (χ0n) is 11.2. The van der Waals surface area contributed by atoms with Gasteiger partial charge in [-0.15, -0.1) is 0 Å². The van der Waals surface area contributed by atoms with Crippen LogP contribution in [-0.2, 0) is 0 Å². The Morgan fingerprint density at radius 3 is 2.53 bits per heavy atom. The Bertz CT molecular complexity index is 451. The minimum absolute atomic E-state index is 0.136. The molecule has 0 saturated carbocycles. The first-order valence-corrected chi connectivity index (χ1v) is 8.17. The van der Waals surface area contributed by atoms with E-state index in [0.717, 1.165) is 3.57 Å². The topological polar surface area (TPSA) is 15.3 Å². The first-order valence-electron chi connectivity index (χ1n) is 7.09. The predicted molar refractivity (Wildman–Crippen MR) is 85.1 cm³/mol. The highest BCUT2D eigenvalue weighted by molar-refractivity contribution is 14.1. The number of benzene rings is 1. The van der Waals surface area contributed by atoms with Gasteiger partial charge in [-0.2, -0.15) is 0 Å². The molecule has 0 radical (unpaired) electrons. The van der Waals surface area contributed by atoms with Crippen LogP contribution in [0.5, 0.6) is 0 Å². The van der Waals surface area contributed by atoms with Gasteiger partial charge in [-0.05, 0) is 79.9 Å². The monoisotopic (exact) mass is 374 g/mol. The van der Waals surface area contributed by atoms with E-state index in [1.54, 1.807) is 12.1 Å². The van der Waals surface area contributed by atoms with E-state index >= 15 is 0 Å². The standard InChI is InChI=1S/C15H20FIN2/c1-18-11-8-12-3-2-4-13(9-11)19(12)15-6-5-10(16)7-14(15)17/h5-7,11-13,18H,2-4,8-9H2,1H3. The molecule has 2 bridgehead atoms. The Hall–Kier alpha value is -0.360. The van der Waals surface area contributed by atoms with Crippen molar-refractivity contribution in [2.24, 2.45) is 0 Å². The maximum Gasteiger partial charge on any atom is 0.124 e. The molecule has 2 unspecified atom stereocenters. The molecule has 1 aromatic rings. The number of fused-ring (bicyclic) bond motifs is 2. The van der Waals surface area contributed by atoms with Crippen molar-refractivity contribution in [2.45, 2.75) is 50.2 Å². The Morgan fingerprint density at radius 1 is 1.26 bits per heavy atom. The number of halogens is 2. The smallest absolute Gasteiger partial charge is 0.124 e. The Morgan fingerprint density at radius 2 is 1.95 bits per heavy atom. The summed E-state index contributed by atoms with van der Waals surface area (Å²) in [5.74, 6) is -0.136. The fourth-order valence-electron chi connectivity index (χ4n) is 3.70. The van der Waals surface area contributed by atoms with Gasteiger partial charge in [-0.3, -0.25) is 0 Å². The molecular weight excluding hydrogens is 354 g/mol. The van der Waals surface area contributed by atoms with Gasteiger partial charge in [0.05, 0.1) is 5.69 Å². The van der Waals surface area contributed by atoms with Crippen LogP contribution >= 0.6 is 22.6 Å². The Balaban J connectivity index is 1.91. The second kappa shape index (κ2) is 5.56. The lowest BCUT2D eigenvalue weighted by Gasteiger charge is -2.50. The molecule has 104 valence electrons. The highest BCUT2D eigenvalue weighted by Gasteiger charge is 2.38. The zero-order valence-corrected chi connectivity index (χ0v) is 13.4. The fourth-order valence-corrected chi connectivity index (χ4v) is 4.46. The first kappa shape index (κ1) is 13.6. The molecule has 0 spiro atoms. The van der Waals surface area contributed by atoms with E-state index in [1.165, 1.54) is 37.8 Å². The Labute approximate surface area is 127 Å². The molecule has 19 heavy (non-hydrogen) atoms.